The number of rotatable bonds is 8. The molecule has 0 aliphatic carbocycles. The highest BCUT2D eigenvalue weighted by Gasteiger charge is 2.14. The van der Waals surface area contributed by atoms with Gasteiger partial charge < -0.3 is 10.6 Å². The highest BCUT2D eigenvalue weighted by Crippen LogP contribution is 2.05. The number of amides is 3. The first kappa shape index (κ1) is 16.9. The van der Waals surface area contributed by atoms with E-state index in [1.807, 2.05) is 0 Å². The van der Waals surface area contributed by atoms with Crippen LogP contribution >= 0.6 is 0 Å². The Kier molecular flexibility index (Phi) is 9.28. The van der Waals surface area contributed by atoms with Crippen molar-refractivity contribution in [2.45, 2.75) is 53.0 Å². The maximum atomic E-state index is 11.6. The van der Waals surface area contributed by atoms with Crippen LogP contribution in [0.25, 0.3) is 0 Å². The molecule has 0 aliphatic rings. The third-order valence-corrected chi connectivity index (χ3v) is 2.63. The minimum atomic E-state index is -0.434. The summed E-state index contributed by atoms with van der Waals surface area (Å²) in [4.78, 5) is 22.7. The molecule has 0 aliphatic heterocycles. The lowest BCUT2D eigenvalue weighted by Crippen LogP contribution is -2.48. The van der Waals surface area contributed by atoms with Crippen molar-refractivity contribution in [2.24, 2.45) is 5.92 Å². The van der Waals surface area contributed by atoms with E-state index in [9.17, 15) is 9.59 Å². The van der Waals surface area contributed by atoms with Crippen LogP contribution in [0.1, 0.15) is 47.0 Å². The third-order valence-electron chi connectivity index (χ3n) is 2.63. The number of unbranched alkanes of at least 4 members (excludes halogenated alkanes) is 1. The van der Waals surface area contributed by atoms with E-state index < -0.39 is 6.03 Å². The van der Waals surface area contributed by atoms with Gasteiger partial charge in [0, 0.05) is 6.54 Å². The van der Waals surface area contributed by atoms with Crippen LogP contribution < -0.4 is 16.0 Å². The van der Waals surface area contributed by atoms with E-state index >= 15 is 0 Å². The van der Waals surface area contributed by atoms with E-state index in [2.05, 4.69) is 29.8 Å². The molecule has 0 aromatic carbocycles. The minimum Gasteiger partial charge on any atom is -0.338 e. The first-order valence-electron chi connectivity index (χ1n) is 6.79. The van der Waals surface area contributed by atoms with Gasteiger partial charge in [0.25, 0.3) is 0 Å². The summed E-state index contributed by atoms with van der Waals surface area (Å²) in [7, 11) is 0. The zero-order valence-electron chi connectivity index (χ0n) is 12.0. The van der Waals surface area contributed by atoms with E-state index in [0.717, 1.165) is 25.3 Å². The lowest BCUT2D eigenvalue weighted by atomic mass is 10.1. The summed E-state index contributed by atoms with van der Waals surface area (Å²) >= 11 is 0. The molecule has 0 aromatic rings. The quantitative estimate of drug-likeness (QED) is 0.579. The fourth-order valence-electron chi connectivity index (χ4n) is 1.51. The van der Waals surface area contributed by atoms with Crippen LogP contribution in [0.15, 0.2) is 0 Å². The van der Waals surface area contributed by atoms with Crippen LogP contribution in [0.4, 0.5) is 4.79 Å². The summed E-state index contributed by atoms with van der Waals surface area (Å²) in [5.74, 6) is 0.438. The van der Waals surface area contributed by atoms with Crippen molar-refractivity contribution < 1.29 is 9.59 Å². The summed E-state index contributed by atoms with van der Waals surface area (Å²) in [5.41, 5.74) is 0. The van der Waals surface area contributed by atoms with Gasteiger partial charge >= 0.3 is 6.03 Å². The van der Waals surface area contributed by atoms with Gasteiger partial charge in [-0.15, -0.1) is 0 Å². The van der Waals surface area contributed by atoms with E-state index in [-0.39, 0.29) is 11.9 Å². The molecule has 1 atom stereocenters. The summed E-state index contributed by atoms with van der Waals surface area (Å²) < 4.78 is 0. The predicted molar refractivity (Wildman–Crippen MR) is 73.4 cm³/mol. The summed E-state index contributed by atoms with van der Waals surface area (Å²) in [6.45, 7) is 9.29. The fraction of sp³-hybridized carbons (Fsp3) is 0.846. The van der Waals surface area contributed by atoms with Crippen molar-refractivity contribution in [1.29, 1.82) is 0 Å². The second-order valence-corrected chi connectivity index (χ2v) is 4.91. The lowest BCUT2D eigenvalue weighted by molar-refractivity contribution is -0.121. The standard InChI is InChI=1S/C13H27N3O2/c1-5-14-13(18)16-12(17)11(4)15-9-7-6-8-10(2)3/h10-11,15H,5-9H2,1-4H3,(H2,14,16,17,18). The number of hydrogen-bond donors (Lipinski definition) is 3. The Morgan fingerprint density at radius 2 is 1.78 bits per heavy atom. The molecule has 0 fully saturated rings. The first-order chi connectivity index (χ1) is 8.47. The highest BCUT2D eigenvalue weighted by molar-refractivity contribution is 5.96. The molecule has 3 N–H and O–H groups in total. The highest BCUT2D eigenvalue weighted by atomic mass is 16.2. The maximum Gasteiger partial charge on any atom is 0.321 e. The molecule has 18 heavy (non-hydrogen) atoms. The molecule has 0 spiro atoms. The maximum absolute atomic E-state index is 11.6. The normalized spacial score (nSPS) is 12.3. The van der Waals surface area contributed by atoms with Gasteiger partial charge in [0.1, 0.15) is 0 Å². The van der Waals surface area contributed by atoms with Gasteiger partial charge in [-0.1, -0.05) is 26.7 Å². The van der Waals surface area contributed by atoms with Crippen LogP contribution in [0.5, 0.6) is 0 Å². The zero-order chi connectivity index (χ0) is 14.0. The van der Waals surface area contributed by atoms with Crippen LogP contribution in [-0.4, -0.2) is 31.1 Å². The van der Waals surface area contributed by atoms with Crippen LogP contribution in [0.3, 0.4) is 0 Å². The van der Waals surface area contributed by atoms with E-state index in [1.165, 1.54) is 6.42 Å². The molecule has 5 heteroatoms. The molecule has 0 saturated carbocycles. The molecular weight excluding hydrogens is 230 g/mol. The Hall–Kier alpha value is -1.10. The number of carbonyl (C=O) groups excluding carboxylic acids is 2. The number of urea groups is 1. The molecular formula is C13H27N3O2. The molecule has 0 aromatic heterocycles. The molecule has 3 amide bonds. The van der Waals surface area contributed by atoms with Crippen molar-refractivity contribution in [1.82, 2.24) is 16.0 Å². The smallest absolute Gasteiger partial charge is 0.321 e. The van der Waals surface area contributed by atoms with Crippen molar-refractivity contribution in [3.05, 3.63) is 0 Å². The van der Waals surface area contributed by atoms with E-state index in [1.54, 1.807) is 13.8 Å². The number of imide groups is 1. The largest absolute Gasteiger partial charge is 0.338 e. The van der Waals surface area contributed by atoms with Crippen LogP contribution in [-0.2, 0) is 4.79 Å². The second kappa shape index (κ2) is 9.88. The van der Waals surface area contributed by atoms with Gasteiger partial charge in [-0.05, 0) is 32.7 Å². The summed E-state index contributed by atoms with van der Waals surface area (Å²) in [6, 6.07) is -0.775. The van der Waals surface area contributed by atoms with Crippen LogP contribution in [0.2, 0.25) is 0 Å². The van der Waals surface area contributed by atoms with Gasteiger partial charge in [0.05, 0.1) is 6.04 Å². The van der Waals surface area contributed by atoms with Crippen molar-refractivity contribution in [3.63, 3.8) is 0 Å². The van der Waals surface area contributed by atoms with Crippen molar-refractivity contribution in [2.75, 3.05) is 13.1 Å². The molecule has 0 bridgehead atoms. The molecule has 1 unspecified atom stereocenters. The van der Waals surface area contributed by atoms with Crippen molar-refractivity contribution >= 4 is 11.9 Å². The number of carbonyl (C=O) groups is 2. The van der Waals surface area contributed by atoms with Crippen molar-refractivity contribution in [3.8, 4) is 0 Å². The monoisotopic (exact) mass is 257 g/mol. The second-order valence-electron chi connectivity index (χ2n) is 4.91. The Bertz CT molecular complexity index is 255. The minimum absolute atomic E-state index is 0.287. The SMILES string of the molecule is CCNC(=O)NC(=O)C(C)NCCCCC(C)C. The Balaban J connectivity index is 3.65. The topological polar surface area (TPSA) is 70.2 Å². The third kappa shape index (κ3) is 8.98. The molecule has 5 nitrogen and oxygen atoms in total. The average molecular weight is 257 g/mol. The first-order valence-corrected chi connectivity index (χ1v) is 6.79. The van der Waals surface area contributed by atoms with E-state index in [4.69, 9.17) is 0 Å². The predicted octanol–water partition coefficient (Wildman–Crippen LogP) is 1.64. The van der Waals surface area contributed by atoms with Gasteiger partial charge in [-0.3, -0.25) is 10.1 Å². The Morgan fingerprint density at radius 3 is 2.33 bits per heavy atom. The summed E-state index contributed by atoms with van der Waals surface area (Å²) in [5, 5.41) is 7.92. The Labute approximate surface area is 110 Å². The molecule has 0 radical (unpaired) electrons. The fourth-order valence-corrected chi connectivity index (χ4v) is 1.51. The van der Waals surface area contributed by atoms with Gasteiger partial charge in [0.2, 0.25) is 5.91 Å². The van der Waals surface area contributed by atoms with Gasteiger partial charge in [0.15, 0.2) is 0 Å². The van der Waals surface area contributed by atoms with Gasteiger partial charge in [-0.25, -0.2) is 4.79 Å². The summed E-state index contributed by atoms with van der Waals surface area (Å²) in [6.07, 6.45) is 3.42. The number of nitrogens with one attached hydrogen (secondary N) is 3. The lowest BCUT2D eigenvalue weighted by Gasteiger charge is -2.13. The Morgan fingerprint density at radius 1 is 1.11 bits per heavy atom. The van der Waals surface area contributed by atoms with Crippen LogP contribution in [0, 0.1) is 5.92 Å². The van der Waals surface area contributed by atoms with E-state index in [0.29, 0.717) is 6.54 Å². The molecule has 0 heterocycles. The zero-order valence-corrected chi connectivity index (χ0v) is 12.0. The molecule has 0 rings (SSSR count). The average Bonchev–Trinajstić information content (AvgIpc) is 2.28. The molecule has 106 valence electrons. The van der Waals surface area contributed by atoms with Gasteiger partial charge in [-0.2, -0.15) is 0 Å². The number of hydrogen-bond acceptors (Lipinski definition) is 3. The molecule has 0 saturated heterocycles.